The van der Waals surface area contributed by atoms with Gasteiger partial charge in [0, 0.05) is 26.4 Å². The Morgan fingerprint density at radius 3 is 1.43 bits per heavy atom. The average Bonchev–Trinajstić information content (AvgIpc) is 3.05. The van der Waals surface area contributed by atoms with Crippen molar-refractivity contribution in [3.8, 4) is 0 Å². The van der Waals surface area contributed by atoms with Crippen LogP contribution in [-0.4, -0.2) is 98.5 Å². The van der Waals surface area contributed by atoms with Crippen molar-refractivity contribution in [3.05, 3.63) is 0 Å². The summed E-state index contributed by atoms with van der Waals surface area (Å²) >= 11 is 0. The summed E-state index contributed by atoms with van der Waals surface area (Å²) in [6, 6.07) is 0. The molecular formula is C26H54F10O8. The molecule has 0 aliphatic heterocycles. The van der Waals surface area contributed by atoms with E-state index >= 15 is 0 Å². The zero-order chi connectivity index (χ0) is 35.3. The summed E-state index contributed by atoms with van der Waals surface area (Å²) in [5, 5.41) is 0. The van der Waals surface area contributed by atoms with Crippen LogP contribution in [0.5, 0.6) is 0 Å². The highest BCUT2D eigenvalue weighted by Gasteiger charge is 2.31. The maximum Gasteiger partial charge on any atom is 0.413 e. The van der Waals surface area contributed by atoms with Crippen molar-refractivity contribution in [1.82, 2.24) is 0 Å². The molecule has 0 aliphatic rings. The summed E-state index contributed by atoms with van der Waals surface area (Å²) < 4.78 is 131. The van der Waals surface area contributed by atoms with Crippen molar-refractivity contribution in [1.29, 1.82) is 0 Å². The lowest BCUT2D eigenvalue weighted by atomic mass is 10.3. The molecular weight excluding hydrogens is 630 g/mol. The van der Waals surface area contributed by atoms with Gasteiger partial charge in [-0.15, -0.1) is 4.94 Å². The summed E-state index contributed by atoms with van der Waals surface area (Å²) in [5.74, 6) is 0. The van der Waals surface area contributed by atoms with Crippen LogP contribution in [-0.2, 0) is 38.5 Å². The number of alkyl halides is 7. The summed E-state index contributed by atoms with van der Waals surface area (Å²) in [6.45, 7) is 10.9. The van der Waals surface area contributed by atoms with E-state index in [0.29, 0.717) is 26.4 Å². The predicted molar refractivity (Wildman–Crippen MR) is 146 cm³/mol. The molecule has 0 fully saturated rings. The Morgan fingerprint density at radius 2 is 1.14 bits per heavy atom. The number of ether oxygens (including phenoxy) is 5. The molecule has 0 aromatic heterocycles. The van der Waals surface area contributed by atoms with Crippen LogP contribution in [0, 0.1) is 0 Å². The maximum absolute atomic E-state index is 11.2. The molecule has 0 bridgehead atoms. The first kappa shape index (κ1) is 55.4. The molecule has 0 amide bonds. The van der Waals surface area contributed by atoms with Crippen LogP contribution in [0.1, 0.15) is 73.6 Å². The number of halogens is 10. The van der Waals surface area contributed by atoms with Crippen molar-refractivity contribution in [2.24, 2.45) is 0 Å². The lowest BCUT2D eigenvalue weighted by molar-refractivity contribution is -0.357. The number of rotatable bonds is 22. The molecule has 0 rings (SSSR count). The molecule has 276 valence electrons. The number of unbranched alkanes of at least 4 members (excludes halogenated alkanes) is 1. The minimum absolute atomic E-state index is 0.159. The van der Waals surface area contributed by atoms with Gasteiger partial charge in [0.25, 0.3) is 0 Å². The molecule has 0 aromatic rings. The third kappa shape index (κ3) is 72.9. The normalized spacial score (nSPS) is 11.5. The van der Waals surface area contributed by atoms with E-state index in [-0.39, 0.29) is 25.5 Å². The van der Waals surface area contributed by atoms with Gasteiger partial charge in [-0.2, -0.15) is 18.7 Å². The molecule has 2 atom stereocenters. The van der Waals surface area contributed by atoms with E-state index in [1.807, 2.05) is 32.6 Å². The molecule has 0 saturated carbocycles. The van der Waals surface area contributed by atoms with Gasteiger partial charge < -0.3 is 23.7 Å². The van der Waals surface area contributed by atoms with Crippen LogP contribution in [0.2, 0.25) is 0 Å². The van der Waals surface area contributed by atoms with Crippen molar-refractivity contribution < 1.29 is 82.8 Å². The van der Waals surface area contributed by atoms with E-state index in [0.717, 1.165) is 38.9 Å². The van der Waals surface area contributed by atoms with Crippen LogP contribution in [0.4, 0.5) is 44.3 Å². The van der Waals surface area contributed by atoms with Crippen LogP contribution >= 0.6 is 0 Å². The molecule has 8 nitrogen and oxygen atoms in total. The van der Waals surface area contributed by atoms with Crippen molar-refractivity contribution in [3.63, 3.8) is 0 Å². The molecule has 44 heavy (non-hydrogen) atoms. The highest BCUT2D eigenvalue weighted by molar-refractivity contribution is 4.56. The molecule has 18 heteroatoms. The first-order valence-electron chi connectivity index (χ1n) is 13.9. The maximum atomic E-state index is 11.2. The molecule has 0 saturated heterocycles. The second-order valence-corrected chi connectivity index (χ2v) is 7.66. The largest absolute Gasteiger partial charge is 0.413 e. The Hall–Kier alpha value is -1.02. The van der Waals surface area contributed by atoms with Crippen LogP contribution in [0.3, 0.4) is 0 Å². The zero-order valence-corrected chi connectivity index (χ0v) is 26.7. The minimum Gasteiger partial charge on any atom is -0.379 e. The molecule has 2 unspecified atom stereocenters. The van der Waals surface area contributed by atoms with Crippen LogP contribution < -0.4 is 0 Å². The predicted octanol–water partition coefficient (Wildman–Crippen LogP) is 8.82. The quantitative estimate of drug-likeness (QED) is 0.0828. The Bertz CT molecular complexity index is 420. The lowest BCUT2D eigenvalue weighted by Gasteiger charge is -2.19. The standard InChI is InChI=1S/C13H28O3.C5H11FO.C4H9FO.C2H2F4O.2CH2F2O/c1-5-8-9-14-10-12(4)16-11-13(6-2)15-7-3;1-2-4-7-5-3-6;1-2-3-6-4-5;3-1-2(4,5)7-6;2*2-1-4-3/h12-13H,5-11H2,1-4H3;2-5H2,1H3;2-4H2,1H3;1H2;2*1H2. The first-order valence-corrected chi connectivity index (χ1v) is 13.9. The molecule has 0 aromatic carbocycles. The second-order valence-electron chi connectivity index (χ2n) is 7.66. The minimum atomic E-state index is -4.25. The summed E-state index contributed by atoms with van der Waals surface area (Å²) in [7, 11) is 0. The smallest absolute Gasteiger partial charge is 0.379 e. The van der Waals surface area contributed by atoms with Crippen molar-refractivity contribution in [2.75, 3.05) is 80.2 Å². The van der Waals surface area contributed by atoms with Gasteiger partial charge in [-0.1, -0.05) is 34.1 Å². The highest BCUT2D eigenvalue weighted by atomic mass is 19.4. The Labute approximate surface area is 255 Å². The second kappa shape index (κ2) is 54.5. The van der Waals surface area contributed by atoms with E-state index in [1.165, 1.54) is 6.42 Å². The van der Waals surface area contributed by atoms with Gasteiger partial charge in [-0.05, 0) is 53.1 Å². The van der Waals surface area contributed by atoms with Gasteiger partial charge >= 0.3 is 6.11 Å². The SMILES string of the molecule is CCCCOCC(C)OCC(CC)OCC.CCCOCCF.CCCOCF.FCC(F)(F)OF.FCOF.FCOF. The Morgan fingerprint density at radius 1 is 0.614 bits per heavy atom. The zero-order valence-electron chi connectivity index (χ0n) is 26.7. The number of hydrogen-bond donors (Lipinski definition) is 0. The van der Waals surface area contributed by atoms with E-state index in [2.05, 4.69) is 28.5 Å². The topological polar surface area (TPSA) is 73.8 Å². The summed E-state index contributed by atoms with van der Waals surface area (Å²) in [6.07, 6.45) is 1.30. The van der Waals surface area contributed by atoms with Gasteiger partial charge in [-0.3, -0.25) is 0 Å². The van der Waals surface area contributed by atoms with Gasteiger partial charge in [0.05, 0.1) is 32.0 Å². The van der Waals surface area contributed by atoms with Gasteiger partial charge in [0.2, 0.25) is 13.7 Å². The fraction of sp³-hybridized carbons (Fsp3) is 1.00. The van der Waals surface area contributed by atoms with Crippen molar-refractivity contribution >= 4 is 0 Å². The molecule has 0 spiro atoms. The van der Waals surface area contributed by atoms with Gasteiger partial charge in [0.15, 0.2) is 13.5 Å². The van der Waals surface area contributed by atoms with E-state index in [9.17, 15) is 44.3 Å². The Balaban J connectivity index is -0.000000108. The molecule has 0 aliphatic carbocycles. The van der Waals surface area contributed by atoms with Crippen molar-refractivity contribution in [2.45, 2.75) is 92.0 Å². The van der Waals surface area contributed by atoms with Crippen LogP contribution in [0.25, 0.3) is 0 Å². The van der Waals surface area contributed by atoms with E-state index in [4.69, 9.17) is 18.9 Å². The third-order valence-corrected chi connectivity index (χ3v) is 3.77. The Kier molecular flexibility index (Phi) is 68.6. The third-order valence-electron chi connectivity index (χ3n) is 3.77. The number of hydrogen-bond acceptors (Lipinski definition) is 8. The average molecular weight is 685 g/mol. The fourth-order valence-electron chi connectivity index (χ4n) is 1.86. The molecule has 0 radical (unpaired) electrons. The molecule has 0 heterocycles. The summed E-state index contributed by atoms with van der Waals surface area (Å²) in [4.78, 5) is 6.63. The summed E-state index contributed by atoms with van der Waals surface area (Å²) in [5.41, 5.74) is 0. The first-order chi connectivity index (χ1) is 21.0. The van der Waals surface area contributed by atoms with Gasteiger partial charge in [0.1, 0.15) is 6.67 Å². The monoisotopic (exact) mass is 684 g/mol. The molecule has 0 N–H and O–H groups in total. The highest BCUT2D eigenvalue weighted by Crippen LogP contribution is 2.14. The van der Waals surface area contributed by atoms with E-state index < -0.39 is 33.4 Å². The lowest BCUT2D eigenvalue weighted by Crippen LogP contribution is -2.25. The van der Waals surface area contributed by atoms with E-state index in [1.54, 1.807) is 0 Å². The fourth-order valence-corrected chi connectivity index (χ4v) is 1.86. The van der Waals surface area contributed by atoms with Gasteiger partial charge in [-0.25, -0.2) is 22.0 Å². The van der Waals surface area contributed by atoms with Crippen LogP contribution in [0.15, 0.2) is 0 Å².